The number of carboxylic acids is 1. The summed E-state index contributed by atoms with van der Waals surface area (Å²) in [6.45, 7) is 9.53. The number of carboxylic acid groups (broad SMARTS) is 1. The first-order valence-corrected chi connectivity index (χ1v) is 7.52. The van der Waals surface area contributed by atoms with Crippen LogP contribution in [-0.4, -0.2) is 51.9 Å². The summed E-state index contributed by atoms with van der Waals surface area (Å²) in [5.74, 6) is -0.796. The quantitative estimate of drug-likeness (QED) is 0.875. The predicted molar refractivity (Wildman–Crippen MR) is 81.3 cm³/mol. The van der Waals surface area contributed by atoms with Crippen LogP contribution in [0.25, 0.3) is 0 Å². The number of nitrogens with one attached hydrogen (secondary N) is 1. The van der Waals surface area contributed by atoms with Gasteiger partial charge in [-0.25, -0.2) is 0 Å². The summed E-state index contributed by atoms with van der Waals surface area (Å²) in [6, 6.07) is -0.618. The molecular weight excluding hydrogens is 268 g/mol. The maximum atomic E-state index is 11.9. The number of aryl methyl sites for hydroxylation is 1. The van der Waals surface area contributed by atoms with Crippen molar-refractivity contribution >= 4 is 5.97 Å². The molecule has 1 fully saturated rings. The van der Waals surface area contributed by atoms with Gasteiger partial charge in [-0.15, -0.1) is 0 Å². The van der Waals surface area contributed by atoms with E-state index in [0.29, 0.717) is 0 Å². The van der Waals surface area contributed by atoms with Gasteiger partial charge >= 0.3 is 5.97 Å². The Kier molecular flexibility index (Phi) is 4.68. The second-order valence-electron chi connectivity index (χ2n) is 6.74. The molecule has 1 unspecified atom stereocenters. The number of nitrogens with zero attached hydrogens (tertiary/aromatic N) is 3. The van der Waals surface area contributed by atoms with Gasteiger partial charge in [0.1, 0.15) is 6.04 Å². The fourth-order valence-electron chi connectivity index (χ4n) is 2.90. The molecule has 0 spiro atoms. The van der Waals surface area contributed by atoms with Crippen LogP contribution in [0.5, 0.6) is 0 Å². The van der Waals surface area contributed by atoms with Gasteiger partial charge in [0.05, 0.1) is 5.69 Å². The van der Waals surface area contributed by atoms with Crippen LogP contribution in [0.1, 0.15) is 44.5 Å². The highest BCUT2D eigenvalue weighted by Crippen LogP contribution is 2.31. The number of carbonyl (C=O) groups is 1. The third kappa shape index (κ3) is 3.63. The van der Waals surface area contributed by atoms with Crippen molar-refractivity contribution in [1.82, 2.24) is 20.0 Å². The Morgan fingerprint density at radius 3 is 2.71 bits per heavy atom. The highest BCUT2D eigenvalue weighted by atomic mass is 16.4. The Hall–Kier alpha value is -1.40. The zero-order valence-electron chi connectivity index (χ0n) is 13.4. The van der Waals surface area contributed by atoms with Gasteiger partial charge in [0, 0.05) is 43.9 Å². The van der Waals surface area contributed by atoms with Gasteiger partial charge in [-0.05, 0) is 13.0 Å². The molecule has 1 aromatic heterocycles. The number of aromatic nitrogens is 2. The molecule has 21 heavy (non-hydrogen) atoms. The molecule has 0 bridgehead atoms. The van der Waals surface area contributed by atoms with Crippen LogP contribution >= 0.6 is 0 Å². The molecule has 6 heteroatoms. The molecule has 0 amide bonds. The Balaban J connectivity index is 2.40. The maximum absolute atomic E-state index is 11.9. The van der Waals surface area contributed by atoms with Crippen LogP contribution in [0.15, 0.2) is 6.20 Å². The molecule has 1 atom stereocenters. The summed E-state index contributed by atoms with van der Waals surface area (Å²) in [5.41, 5.74) is 1.52. The highest BCUT2D eigenvalue weighted by Gasteiger charge is 2.34. The van der Waals surface area contributed by atoms with Gasteiger partial charge in [0.2, 0.25) is 0 Å². The minimum Gasteiger partial charge on any atom is -0.480 e. The van der Waals surface area contributed by atoms with E-state index in [4.69, 9.17) is 0 Å². The van der Waals surface area contributed by atoms with Crippen LogP contribution in [0.4, 0.5) is 0 Å². The first kappa shape index (κ1) is 16.0. The van der Waals surface area contributed by atoms with Gasteiger partial charge in [0.15, 0.2) is 0 Å². The predicted octanol–water partition coefficient (Wildman–Crippen LogP) is 1.14. The van der Waals surface area contributed by atoms with Crippen molar-refractivity contribution in [2.75, 3.05) is 26.2 Å². The lowest BCUT2D eigenvalue weighted by Gasteiger charge is -2.29. The minimum atomic E-state index is -0.796. The van der Waals surface area contributed by atoms with Crippen LogP contribution in [0.3, 0.4) is 0 Å². The summed E-state index contributed by atoms with van der Waals surface area (Å²) in [5, 5.41) is 17.6. The van der Waals surface area contributed by atoms with Gasteiger partial charge in [0.25, 0.3) is 0 Å². The van der Waals surface area contributed by atoms with E-state index < -0.39 is 12.0 Å². The zero-order chi connectivity index (χ0) is 15.6. The summed E-state index contributed by atoms with van der Waals surface area (Å²) in [6.07, 6.45) is 2.83. The van der Waals surface area contributed by atoms with E-state index >= 15 is 0 Å². The minimum absolute atomic E-state index is 0.172. The van der Waals surface area contributed by atoms with E-state index in [-0.39, 0.29) is 5.41 Å². The lowest BCUT2D eigenvalue weighted by Crippen LogP contribution is -2.37. The fraction of sp³-hybridized carbons (Fsp3) is 0.733. The molecule has 2 heterocycles. The van der Waals surface area contributed by atoms with Crippen molar-refractivity contribution in [3.05, 3.63) is 17.5 Å². The number of aliphatic carboxylic acids is 1. The topological polar surface area (TPSA) is 70.4 Å². The maximum Gasteiger partial charge on any atom is 0.325 e. The molecular formula is C15H26N4O2. The lowest BCUT2D eigenvalue weighted by molar-refractivity contribution is -0.143. The van der Waals surface area contributed by atoms with Gasteiger partial charge in [-0.3, -0.25) is 14.4 Å². The standard InChI is InChI=1S/C15H26N4O2/c1-15(2,3)13-11(10-18(4)17-13)12(14(20)21)19-8-5-6-16-7-9-19/h10,12,16H,5-9H2,1-4H3,(H,20,21). The van der Waals surface area contributed by atoms with E-state index in [2.05, 4.69) is 36.1 Å². The number of hydrogen-bond donors (Lipinski definition) is 2. The van der Waals surface area contributed by atoms with E-state index in [1.54, 1.807) is 4.68 Å². The van der Waals surface area contributed by atoms with E-state index in [0.717, 1.165) is 43.9 Å². The van der Waals surface area contributed by atoms with Crippen molar-refractivity contribution in [1.29, 1.82) is 0 Å². The van der Waals surface area contributed by atoms with Crippen LogP contribution in [0, 0.1) is 0 Å². The van der Waals surface area contributed by atoms with Crippen molar-refractivity contribution in [3.63, 3.8) is 0 Å². The van der Waals surface area contributed by atoms with E-state index in [9.17, 15) is 9.90 Å². The molecule has 0 radical (unpaired) electrons. The Labute approximate surface area is 126 Å². The van der Waals surface area contributed by atoms with Gasteiger partial charge < -0.3 is 10.4 Å². The molecule has 1 saturated heterocycles. The third-order valence-corrected chi connectivity index (χ3v) is 3.84. The molecule has 2 rings (SSSR count). The Morgan fingerprint density at radius 2 is 2.10 bits per heavy atom. The monoisotopic (exact) mass is 294 g/mol. The number of hydrogen-bond acceptors (Lipinski definition) is 4. The lowest BCUT2D eigenvalue weighted by atomic mass is 9.87. The van der Waals surface area contributed by atoms with Gasteiger partial charge in [-0.2, -0.15) is 5.10 Å². The van der Waals surface area contributed by atoms with E-state index in [1.807, 2.05) is 13.2 Å². The zero-order valence-corrected chi connectivity index (χ0v) is 13.4. The first-order chi connectivity index (χ1) is 9.80. The van der Waals surface area contributed by atoms with Crippen molar-refractivity contribution in [2.24, 2.45) is 7.05 Å². The Bertz CT molecular complexity index is 496. The highest BCUT2D eigenvalue weighted by molar-refractivity contribution is 5.76. The summed E-state index contributed by atoms with van der Waals surface area (Å²) in [4.78, 5) is 14.0. The SMILES string of the molecule is Cn1cc(C(C(=O)O)N2CCCNCC2)c(C(C)(C)C)n1. The molecule has 0 aromatic carbocycles. The second kappa shape index (κ2) is 6.15. The van der Waals surface area contributed by atoms with Crippen molar-refractivity contribution in [3.8, 4) is 0 Å². The molecule has 0 aliphatic carbocycles. The molecule has 1 aliphatic rings. The molecule has 6 nitrogen and oxygen atoms in total. The first-order valence-electron chi connectivity index (χ1n) is 7.52. The molecule has 2 N–H and O–H groups in total. The summed E-state index contributed by atoms with van der Waals surface area (Å²) < 4.78 is 1.72. The van der Waals surface area contributed by atoms with Crippen molar-refractivity contribution in [2.45, 2.75) is 38.6 Å². The van der Waals surface area contributed by atoms with Crippen LogP contribution in [-0.2, 0) is 17.3 Å². The molecule has 1 aliphatic heterocycles. The third-order valence-electron chi connectivity index (χ3n) is 3.84. The smallest absolute Gasteiger partial charge is 0.325 e. The second-order valence-corrected chi connectivity index (χ2v) is 6.74. The Morgan fingerprint density at radius 1 is 1.38 bits per heavy atom. The molecule has 118 valence electrons. The van der Waals surface area contributed by atoms with Gasteiger partial charge in [-0.1, -0.05) is 20.8 Å². The molecule has 0 saturated carbocycles. The van der Waals surface area contributed by atoms with Crippen LogP contribution in [0.2, 0.25) is 0 Å². The fourth-order valence-corrected chi connectivity index (χ4v) is 2.90. The molecule has 1 aromatic rings. The van der Waals surface area contributed by atoms with Crippen molar-refractivity contribution < 1.29 is 9.90 Å². The average molecular weight is 294 g/mol. The number of rotatable bonds is 3. The van der Waals surface area contributed by atoms with E-state index in [1.165, 1.54) is 0 Å². The summed E-state index contributed by atoms with van der Waals surface area (Å²) in [7, 11) is 1.85. The average Bonchev–Trinajstić information content (AvgIpc) is 2.59. The normalized spacial score (nSPS) is 19.2. The largest absolute Gasteiger partial charge is 0.480 e. The summed E-state index contributed by atoms with van der Waals surface area (Å²) >= 11 is 0. The van der Waals surface area contributed by atoms with Crippen LogP contribution < -0.4 is 5.32 Å².